The highest BCUT2D eigenvalue weighted by molar-refractivity contribution is 7.89. The number of hydrogen-bond donors (Lipinski definition) is 0. The van der Waals surface area contributed by atoms with Crippen LogP contribution in [0.5, 0.6) is 5.75 Å². The van der Waals surface area contributed by atoms with E-state index in [0.717, 1.165) is 0 Å². The first-order chi connectivity index (χ1) is 12.4. The lowest BCUT2D eigenvalue weighted by atomic mass is 10.2. The van der Waals surface area contributed by atoms with Crippen LogP contribution >= 0.6 is 23.2 Å². The van der Waals surface area contributed by atoms with Gasteiger partial charge in [-0.1, -0.05) is 35.3 Å². The third-order valence-electron chi connectivity index (χ3n) is 3.66. The van der Waals surface area contributed by atoms with Crippen molar-refractivity contribution in [3.63, 3.8) is 0 Å². The first-order valence-corrected chi connectivity index (χ1v) is 10.3. The average molecular weight is 418 g/mol. The number of benzene rings is 2. The van der Waals surface area contributed by atoms with Gasteiger partial charge in [-0.05, 0) is 42.8 Å². The van der Waals surface area contributed by atoms with Crippen molar-refractivity contribution in [2.75, 3.05) is 26.9 Å². The van der Waals surface area contributed by atoms with Gasteiger partial charge in [0, 0.05) is 20.2 Å². The zero-order chi connectivity index (χ0) is 19.2. The molecule has 5 nitrogen and oxygen atoms in total. The van der Waals surface area contributed by atoms with Crippen LogP contribution in [0.1, 0.15) is 12.5 Å². The number of nitrogens with zero attached hydrogens (tertiary/aromatic N) is 1. The summed E-state index contributed by atoms with van der Waals surface area (Å²) in [7, 11) is -2.16. The van der Waals surface area contributed by atoms with Crippen LogP contribution in [0.15, 0.2) is 47.4 Å². The van der Waals surface area contributed by atoms with E-state index in [-0.39, 0.29) is 11.4 Å². The fourth-order valence-electron chi connectivity index (χ4n) is 2.25. The minimum absolute atomic E-state index is 0.119. The standard InChI is InChI=1S/C18H21Cl2NO4S/c1-3-24-11-12-25-15-7-9-16(10-8-15)26(22,23)21(2)13-14-5-4-6-17(19)18(14)20/h4-10H,3,11-13H2,1-2H3. The minimum atomic E-state index is -3.66. The molecule has 0 radical (unpaired) electrons. The molecule has 0 unspecified atom stereocenters. The van der Waals surface area contributed by atoms with E-state index in [1.165, 1.54) is 23.5 Å². The van der Waals surface area contributed by atoms with Crippen molar-refractivity contribution in [3.8, 4) is 5.75 Å². The van der Waals surface area contributed by atoms with E-state index in [1.54, 1.807) is 30.3 Å². The fraction of sp³-hybridized carbons (Fsp3) is 0.333. The Balaban J connectivity index is 2.07. The van der Waals surface area contributed by atoms with Crippen LogP contribution < -0.4 is 4.74 Å². The lowest BCUT2D eigenvalue weighted by Gasteiger charge is -2.18. The van der Waals surface area contributed by atoms with E-state index in [9.17, 15) is 8.42 Å². The summed E-state index contributed by atoms with van der Waals surface area (Å²) in [6.45, 7) is 3.55. The predicted octanol–water partition coefficient (Wildman–Crippen LogP) is 4.23. The molecule has 142 valence electrons. The van der Waals surface area contributed by atoms with Crippen molar-refractivity contribution < 1.29 is 17.9 Å². The van der Waals surface area contributed by atoms with E-state index < -0.39 is 10.0 Å². The Morgan fingerprint density at radius 3 is 2.38 bits per heavy atom. The van der Waals surface area contributed by atoms with Crippen LogP contribution in [0.2, 0.25) is 10.0 Å². The van der Waals surface area contributed by atoms with Crippen molar-refractivity contribution in [3.05, 3.63) is 58.1 Å². The molecule has 0 aliphatic heterocycles. The smallest absolute Gasteiger partial charge is 0.243 e. The van der Waals surface area contributed by atoms with Crippen LogP contribution in [0.4, 0.5) is 0 Å². The summed E-state index contributed by atoms with van der Waals surface area (Å²) in [5.74, 6) is 0.587. The zero-order valence-electron chi connectivity index (χ0n) is 14.6. The Morgan fingerprint density at radius 2 is 1.73 bits per heavy atom. The number of halogens is 2. The first-order valence-electron chi connectivity index (χ1n) is 8.06. The maximum atomic E-state index is 12.7. The Hall–Kier alpha value is -1.31. The summed E-state index contributed by atoms with van der Waals surface area (Å²) in [6.07, 6.45) is 0. The fourth-order valence-corrected chi connectivity index (χ4v) is 3.77. The van der Waals surface area contributed by atoms with E-state index in [4.69, 9.17) is 32.7 Å². The lowest BCUT2D eigenvalue weighted by molar-refractivity contribution is 0.110. The molecule has 8 heteroatoms. The quantitative estimate of drug-likeness (QED) is 0.572. The first kappa shape index (κ1) is 21.0. The second kappa shape index (κ2) is 9.58. The molecule has 0 heterocycles. The molecule has 0 spiro atoms. The minimum Gasteiger partial charge on any atom is -0.491 e. The third kappa shape index (κ3) is 5.34. The molecule has 2 aromatic rings. The molecule has 0 aromatic heterocycles. The number of hydrogen-bond acceptors (Lipinski definition) is 4. The van der Waals surface area contributed by atoms with E-state index in [1.807, 2.05) is 6.92 Å². The molecule has 2 rings (SSSR count). The van der Waals surface area contributed by atoms with Crippen molar-refractivity contribution >= 4 is 33.2 Å². The third-order valence-corrected chi connectivity index (χ3v) is 6.33. The largest absolute Gasteiger partial charge is 0.491 e. The summed E-state index contributed by atoms with van der Waals surface area (Å²) in [4.78, 5) is 0.176. The maximum Gasteiger partial charge on any atom is 0.243 e. The van der Waals surface area contributed by atoms with Crippen LogP contribution in [-0.4, -0.2) is 39.6 Å². The molecule has 26 heavy (non-hydrogen) atoms. The van der Waals surface area contributed by atoms with Gasteiger partial charge in [0.25, 0.3) is 0 Å². The molecule has 2 aromatic carbocycles. The Labute approximate surface area is 164 Å². The predicted molar refractivity (Wildman–Crippen MR) is 104 cm³/mol. The molecule has 0 bridgehead atoms. The number of sulfonamides is 1. The molecule has 0 N–H and O–H groups in total. The summed E-state index contributed by atoms with van der Waals surface area (Å²) in [5, 5.41) is 0.748. The van der Waals surface area contributed by atoms with Gasteiger partial charge in [-0.3, -0.25) is 0 Å². The second-order valence-corrected chi connectivity index (χ2v) is 8.32. The van der Waals surface area contributed by atoms with E-state index in [0.29, 0.717) is 41.2 Å². The Bertz CT molecular complexity index is 826. The van der Waals surface area contributed by atoms with Gasteiger partial charge in [0.2, 0.25) is 10.0 Å². The van der Waals surface area contributed by atoms with Gasteiger partial charge in [0.05, 0.1) is 21.5 Å². The lowest BCUT2D eigenvalue weighted by Crippen LogP contribution is -2.26. The van der Waals surface area contributed by atoms with Crippen LogP contribution in [0.3, 0.4) is 0 Å². The van der Waals surface area contributed by atoms with E-state index >= 15 is 0 Å². The van der Waals surface area contributed by atoms with Crippen LogP contribution in [-0.2, 0) is 21.3 Å². The molecule has 0 fully saturated rings. The second-order valence-electron chi connectivity index (χ2n) is 5.49. The van der Waals surface area contributed by atoms with Gasteiger partial charge in [-0.25, -0.2) is 8.42 Å². The van der Waals surface area contributed by atoms with Gasteiger partial charge in [-0.2, -0.15) is 4.31 Å². The molecule has 0 aliphatic rings. The van der Waals surface area contributed by atoms with Crippen molar-refractivity contribution in [1.82, 2.24) is 4.31 Å². The molecule has 0 aliphatic carbocycles. The zero-order valence-corrected chi connectivity index (χ0v) is 16.9. The van der Waals surface area contributed by atoms with Gasteiger partial charge in [-0.15, -0.1) is 0 Å². The van der Waals surface area contributed by atoms with Crippen LogP contribution in [0.25, 0.3) is 0 Å². The number of rotatable bonds is 9. The molecule has 0 amide bonds. The molecular formula is C18H21Cl2NO4S. The SMILES string of the molecule is CCOCCOc1ccc(S(=O)(=O)N(C)Cc2cccc(Cl)c2Cl)cc1. The Morgan fingerprint density at radius 1 is 1.04 bits per heavy atom. The highest BCUT2D eigenvalue weighted by Crippen LogP contribution is 2.28. The van der Waals surface area contributed by atoms with Gasteiger partial charge in [0.15, 0.2) is 0 Å². The molecule has 0 saturated carbocycles. The van der Waals surface area contributed by atoms with Crippen molar-refractivity contribution in [2.24, 2.45) is 0 Å². The van der Waals surface area contributed by atoms with Gasteiger partial charge < -0.3 is 9.47 Å². The van der Waals surface area contributed by atoms with Crippen LogP contribution in [0, 0.1) is 0 Å². The molecular weight excluding hydrogens is 397 g/mol. The Kier molecular flexibility index (Phi) is 7.73. The number of ether oxygens (including phenoxy) is 2. The monoisotopic (exact) mass is 417 g/mol. The van der Waals surface area contributed by atoms with Crippen molar-refractivity contribution in [1.29, 1.82) is 0 Å². The topological polar surface area (TPSA) is 55.8 Å². The maximum absolute atomic E-state index is 12.7. The molecule has 0 saturated heterocycles. The summed E-state index contributed by atoms with van der Waals surface area (Å²) >= 11 is 12.1. The highest BCUT2D eigenvalue weighted by atomic mass is 35.5. The normalized spacial score (nSPS) is 11.7. The van der Waals surface area contributed by atoms with Gasteiger partial charge in [0.1, 0.15) is 12.4 Å². The average Bonchev–Trinajstić information content (AvgIpc) is 2.63. The van der Waals surface area contributed by atoms with E-state index in [2.05, 4.69) is 0 Å². The summed E-state index contributed by atoms with van der Waals surface area (Å²) in [6, 6.07) is 11.4. The van der Waals surface area contributed by atoms with Crippen molar-refractivity contribution in [2.45, 2.75) is 18.4 Å². The summed E-state index contributed by atoms with van der Waals surface area (Å²) < 4.78 is 37.4. The molecule has 0 atom stereocenters. The summed E-state index contributed by atoms with van der Waals surface area (Å²) in [5.41, 5.74) is 0.640. The highest BCUT2D eigenvalue weighted by Gasteiger charge is 2.22. The van der Waals surface area contributed by atoms with Gasteiger partial charge >= 0.3 is 0 Å².